The molecule has 2 aromatic rings. The summed E-state index contributed by atoms with van der Waals surface area (Å²) < 4.78 is 39.6. The molecule has 0 radical (unpaired) electrons. The van der Waals surface area contributed by atoms with Crippen molar-refractivity contribution in [3.8, 4) is 0 Å². The number of carbonyl (C=O) groups is 1. The van der Waals surface area contributed by atoms with Gasteiger partial charge in [0.05, 0.1) is 10.6 Å². The summed E-state index contributed by atoms with van der Waals surface area (Å²) in [6, 6.07) is 4.60. The van der Waals surface area contributed by atoms with Crippen molar-refractivity contribution in [1.82, 2.24) is 10.3 Å². The largest absolute Gasteiger partial charge is 0.354 e. The number of halogens is 1. The van der Waals surface area contributed by atoms with Gasteiger partial charge in [-0.25, -0.2) is 17.8 Å². The molecule has 0 aliphatic heterocycles. The van der Waals surface area contributed by atoms with E-state index in [9.17, 15) is 17.6 Å². The minimum Gasteiger partial charge on any atom is -0.354 e. The number of carbonyl (C=O) groups excluding carboxylic acids is 1. The van der Waals surface area contributed by atoms with Gasteiger partial charge in [-0.1, -0.05) is 0 Å². The zero-order chi connectivity index (χ0) is 17.7. The van der Waals surface area contributed by atoms with Gasteiger partial charge in [0.25, 0.3) is 10.0 Å². The first kappa shape index (κ1) is 18.3. The molecule has 0 spiro atoms. The van der Waals surface area contributed by atoms with Gasteiger partial charge in [0.2, 0.25) is 5.91 Å². The summed E-state index contributed by atoms with van der Waals surface area (Å²) in [6.45, 7) is 3.76. The van der Waals surface area contributed by atoms with Gasteiger partial charge in [-0.2, -0.15) is 0 Å². The highest BCUT2D eigenvalue weighted by Crippen LogP contribution is 2.21. The van der Waals surface area contributed by atoms with E-state index in [4.69, 9.17) is 0 Å². The molecule has 0 unspecified atom stereocenters. The van der Waals surface area contributed by atoms with Gasteiger partial charge in [-0.3, -0.25) is 9.52 Å². The molecule has 0 atom stereocenters. The van der Waals surface area contributed by atoms with Crippen LogP contribution in [0.1, 0.15) is 26.0 Å². The Labute approximate surface area is 144 Å². The van der Waals surface area contributed by atoms with Crippen molar-refractivity contribution in [2.24, 2.45) is 0 Å². The smallest absolute Gasteiger partial charge is 0.263 e. The molecular weight excluding hydrogens is 353 g/mol. The highest BCUT2D eigenvalue weighted by Gasteiger charge is 2.16. The summed E-state index contributed by atoms with van der Waals surface area (Å²) >= 11 is 1.13. The average molecular weight is 371 g/mol. The molecule has 9 heteroatoms. The molecule has 0 aliphatic rings. The van der Waals surface area contributed by atoms with E-state index in [1.54, 1.807) is 5.38 Å². The number of amides is 1. The molecule has 1 aromatic heterocycles. The molecular formula is C15H18FN3O3S2. The van der Waals surface area contributed by atoms with Crippen molar-refractivity contribution >= 4 is 32.4 Å². The topological polar surface area (TPSA) is 88.2 Å². The number of anilines is 1. The minimum atomic E-state index is -3.81. The molecule has 0 bridgehead atoms. The summed E-state index contributed by atoms with van der Waals surface area (Å²) in [7, 11) is -3.81. The monoisotopic (exact) mass is 371 g/mol. The van der Waals surface area contributed by atoms with Gasteiger partial charge in [-0.05, 0) is 44.5 Å². The van der Waals surface area contributed by atoms with Crippen LogP contribution in [-0.4, -0.2) is 25.4 Å². The molecule has 0 fully saturated rings. The predicted molar refractivity (Wildman–Crippen MR) is 90.9 cm³/mol. The molecule has 24 heavy (non-hydrogen) atoms. The molecule has 2 rings (SSSR count). The molecule has 6 nitrogen and oxygen atoms in total. The number of aromatic nitrogens is 1. The fraction of sp³-hybridized carbons (Fsp3) is 0.333. The van der Waals surface area contributed by atoms with Crippen LogP contribution < -0.4 is 10.0 Å². The number of hydrogen-bond acceptors (Lipinski definition) is 5. The Hall–Kier alpha value is -2.00. The zero-order valence-corrected chi connectivity index (χ0v) is 14.9. The van der Waals surface area contributed by atoms with Gasteiger partial charge < -0.3 is 5.32 Å². The number of hydrogen-bond donors (Lipinski definition) is 2. The molecule has 0 aliphatic carbocycles. The van der Waals surface area contributed by atoms with Crippen LogP contribution in [0.5, 0.6) is 0 Å². The van der Waals surface area contributed by atoms with E-state index in [0.29, 0.717) is 12.1 Å². The third-order valence-corrected chi connectivity index (χ3v) is 5.25. The zero-order valence-electron chi connectivity index (χ0n) is 13.2. The molecule has 2 N–H and O–H groups in total. The third-order valence-electron chi connectivity index (χ3n) is 2.96. The standard InChI is InChI=1S/C15H18FN3O3S2/c1-10(2)17-14(20)8-5-12-9-23-15(18-12)19-24(21,22)13-6-3-11(16)4-7-13/h3-4,6-7,9-10H,5,8H2,1-2H3,(H,17,20)(H,18,19). The van der Waals surface area contributed by atoms with E-state index in [1.807, 2.05) is 13.8 Å². The van der Waals surface area contributed by atoms with Gasteiger partial charge in [-0.15, -0.1) is 11.3 Å². The Balaban J connectivity index is 1.98. The van der Waals surface area contributed by atoms with Crippen LogP contribution in [0.3, 0.4) is 0 Å². The number of sulfonamides is 1. The predicted octanol–water partition coefficient (Wildman–Crippen LogP) is 2.54. The van der Waals surface area contributed by atoms with Gasteiger partial charge >= 0.3 is 0 Å². The third kappa shape index (κ3) is 5.27. The Bertz CT molecular complexity index is 802. The molecule has 0 saturated heterocycles. The number of aryl methyl sites for hydroxylation is 1. The lowest BCUT2D eigenvalue weighted by atomic mass is 10.2. The van der Waals surface area contributed by atoms with E-state index in [0.717, 1.165) is 23.5 Å². The van der Waals surface area contributed by atoms with Crippen LogP contribution in [0.4, 0.5) is 9.52 Å². The fourth-order valence-electron chi connectivity index (χ4n) is 1.89. The molecule has 1 heterocycles. The van der Waals surface area contributed by atoms with Gasteiger partial charge in [0, 0.05) is 17.8 Å². The second kappa shape index (κ2) is 7.71. The lowest BCUT2D eigenvalue weighted by molar-refractivity contribution is -0.121. The van der Waals surface area contributed by atoms with Crippen molar-refractivity contribution in [3.05, 3.63) is 41.2 Å². The summed E-state index contributed by atoms with van der Waals surface area (Å²) in [6.07, 6.45) is 0.708. The maximum absolute atomic E-state index is 12.9. The highest BCUT2D eigenvalue weighted by atomic mass is 32.2. The Morgan fingerprint density at radius 1 is 1.29 bits per heavy atom. The highest BCUT2D eigenvalue weighted by molar-refractivity contribution is 7.93. The van der Waals surface area contributed by atoms with Crippen LogP contribution in [0, 0.1) is 5.82 Å². The maximum Gasteiger partial charge on any atom is 0.263 e. The van der Waals surface area contributed by atoms with E-state index in [-0.39, 0.29) is 28.4 Å². The van der Waals surface area contributed by atoms with Crippen molar-refractivity contribution in [2.45, 2.75) is 37.6 Å². The summed E-state index contributed by atoms with van der Waals surface area (Å²) in [5.41, 5.74) is 0.635. The Morgan fingerprint density at radius 3 is 2.58 bits per heavy atom. The Kier molecular flexibility index (Phi) is 5.89. The quantitative estimate of drug-likeness (QED) is 0.783. The average Bonchev–Trinajstić information content (AvgIpc) is 2.91. The van der Waals surface area contributed by atoms with Crippen molar-refractivity contribution < 1.29 is 17.6 Å². The Morgan fingerprint density at radius 2 is 1.96 bits per heavy atom. The van der Waals surface area contributed by atoms with Crippen LogP contribution >= 0.6 is 11.3 Å². The van der Waals surface area contributed by atoms with E-state index in [1.165, 1.54) is 12.1 Å². The maximum atomic E-state index is 12.9. The van der Waals surface area contributed by atoms with Gasteiger partial charge in [0.15, 0.2) is 5.13 Å². The number of nitrogens with one attached hydrogen (secondary N) is 2. The lowest BCUT2D eigenvalue weighted by Crippen LogP contribution is -2.30. The van der Waals surface area contributed by atoms with Crippen LogP contribution in [0.25, 0.3) is 0 Å². The molecule has 0 saturated carbocycles. The van der Waals surface area contributed by atoms with Crippen molar-refractivity contribution in [1.29, 1.82) is 0 Å². The van der Waals surface area contributed by atoms with Gasteiger partial charge in [0.1, 0.15) is 5.82 Å². The number of thiazole rings is 1. The number of nitrogens with zero attached hydrogens (tertiary/aromatic N) is 1. The van der Waals surface area contributed by atoms with E-state index in [2.05, 4.69) is 15.0 Å². The summed E-state index contributed by atoms with van der Waals surface area (Å²) in [5.74, 6) is -0.586. The first-order valence-corrected chi connectivity index (χ1v) is 9.65. The number of rotatable bonds is 7. The number of benzene rings is 1. The molecule has 1 aromatic carbocycles. The van der Waals surface area contributed by atoms with Crippen molar-refractivity contribution in [2.75, 3.05) is 4.72 Å². The van der Waals surface area contributed by atoms with Crippen LogP contribution in [-0.2, 0) is 21.2 Å². The fourth-order valence-corrected chi connectivity index (χ4v) is 3.89. The normalized spacial score (nSPS) is 11.5. The SMILES string of the molecule is CC(C)NC(=O)CCc1csc(NS(=O)(=O)c2ccc(F)cc2)n1. The van der Waals surface area contributed by atoms with Crippen molar-refractivity contribution in [3.63, 3.8) is 0 Å². The minimum absolute atomic E-state index is 0.0445. The summed E-state index contributed by atoms with van der Waals surface area (Å²) in [5, 5.41) is 4.69. The molecule has 130 valence electrons. The second-order valence-electron chi connectivity index (χ2n) is 5.43. The lowest BCUT2D eigenvalue weighted by Gasteiger charge is -2.07. The first-order valence-electron chi connectivity index (χ1n) is 7.28. The summed E-state index contributed by atoms with van der Waals surface area (Å²) in [4.78, 5) is 15.7. The molecule has 1 amide bonds. The van der Waals surface area contributed by atoms with E-state index < -0.39 is 15.8 Å². The van der Waals surface area contributed by atoms with Crippen LogP contribution in [0.2, 0.25) is 0 Å². The second-order valence-corrected chi connectivity index (χ2v) is 7.97. The van der Waals surface area contributed by atoms with Crippen LogP contribution in [0.15, 0.2) is 34.5 Å². The van der Waals surface area contributed by atoms with E-state index >= 15 is 0 Å². The first-order chi connectivity index (χ1) is 11.3.